The summed E-state index contributed by atoms with van der Waals surface area (Å²) in [7, 11) is 0. The average Bonchev–Trinajstić information content (AvgIpc) is 2.47. The fraction of sp³-hybridized carbons (Fsp3) is 0.294. The van der Waals surface area contributed by atoms with Gasteiger partial charge in [-0.15, -0.1) is 0 Å². The summed E-state index contributed by atoms with van der Waals surface area (Å²) in [5.41, 5.74) is 2.03. The van der Waals surface area contributed by atoms with Crippen LogP contribution < -0.4 is 0 Å². The van der Waals surface area contributed by atoms with E-state index in [-0.39, 0.29) is 17.7 Å². The smallest absolute Gasteiger partial charge is 0.123 e. The minimum absolute atomic E-state index is 0.0196. The Hall–Kier alpha value is -1.74. The van der Waals surface area contributed by atoms with E-state index in [2.05, 4.69) is 18.7 Å². The van der Waals surface area contributed by atoms with Gasteiger partial charge in [0.25, 0.3) is 0 Å². The first-order valence-electron chi connectivity index (χ1n) is 6.90. The van der Waals surface area contributed by atoms with Gasteiger partial charge in [-0.3, -0.25) is 4.90 Å². The van der Waals surface area contributed by atoms with Gasteiger partial charge in [0, 0.05) is 0 Å². The second-order valence-electron chi connectivity index (χ2n) is 4.73. The molecule has 2 rings (SSSR count). The first kappa shape index (κ1) is 14.7. The molecule has 0 aliphatic rings. The normalized spacial score (nSPS) is 11.3. The first-order valence-corrected chi connectivity index (χ1v) is 6.90. The lowest BCUT2D eigenvalue weighted by Gasteiger charge is -2.30. The first-order chi connectivity index (χ1) is 9.65. The fourth-order valence-electron chi connectivity index (χ4n) is 2.49. The van der Waals surface area contributed by atoms with Crippen LogP contribution >= 0.6 is 0 Å². The topological polar surface area (TPSA) is 3.24 Å². The fourth-order valence-corrected chi connectivity index (χ4v) is 2.49. The average molecular weight is 275 g/mol. The van der Waals surface area contributed by atoms with Gasteiger partial charge >= 0.3 is 0 Å². The van der Waals surface area contributed by atoms with E-state index in [1.807, 2.05) is 0 Å². The highest BCUT2D eigenvalue weighted by atomic mass is 19.1. The number of nitrogens with zero attached hydrogens (tertiary/aromatic N) is 1. The Morgan fingerprint density at radius 2 is 1.10 bits per heavy atom. The number of rotatable bonds is 5. The molecular formula is C17H19F2N. The van der Waals surface area contributed by atoms with Crippen LogP contribution in [-0.2, 0) is 0 Å². The lowest BCUT2D eigenvalue weighted by molar-refractivity contribution is 0.250. The van der Waals surface area contributed by atoms with E-state index < -0.39 is 0 Å². The van der Waals surface area contributed by atoms with Gasteiger partial charge in [-0.25, -0.2) is 8.78 Å². The van der Waals surface area contributed by atoms with Crippen LogP contribution in [0.1, 0.15) is 31.0 Å². The largest absolute Gasteiger partial charge is 0.293 e. The second-order valence-corrected chi connectivity index (χ2v) is 4.73. The molecule has 0 amide bonds. The highest BCUT2D eigenvalue weighted by Gasteiger charge is 2.20. The molecule has 0 fully saturated rings. The highest BCUT2D eigenvalue weighted by Crippen LogP contribution is 2.28. The molecule has 0 saturated carbocycles. The van der Waals surface area contributed by atoms with Crippen LogP contribution in [0.25, 0.3) is 0 Å². The SMILES string of the molecule is CCN(CC)C(c1ccc(F)cc1)c1ccc(F)cc1. The van der Waals surface area contributed by atoms with Crippen molar-refractivity contribution in [1.82, 2.24) is 4.90 Å². The third-order valence-corrected chi connectivity index (χ3v) is 3.55. The molecule has 0 unspecified atom stereocenters. The Kier molecular flexibility index (Phi) is 4.85. The number of benzene rings is 2. The third kappa shape index (κ3) is 3.23. The second kappa shape index (κ2) is 6.62. The molecule has 0 spiro atoms. The summed E-state index contributed by atoms with van der Waals surface area (Å²) in [5.74, 6) is -0.489. The molecule has 0 aliphatic carbocycles. The molecular weight excluding hydrogens is 256 g/mol. The monoisotopic (exact) mass is 275 g/mol. The lowest BCUT2D eigenvalue weighted by Crippen LogP contribution is -2.29. The van der Waals surface area contributed by atoms with Gasteiger partial charge in [0.15, 0.2) is 0 Å². The van der Waals surface area contributed by atoms with E-state index in [4.69, 9.17) is 0 Å². The van der Waals surface area contributed by atoms with Crippen molar-refractivity contribution in [3.63, 3.8) is 0 Å². The van der Waals surface area contributed by atoms with Crippen molar-refractivity contribution < 1.29 is 8.78 Å². The van der Waals surface area contributed by atoms with Crippen molar-refractivity contribution in [2.24, 2.45) is 0 Å². The molecule has 0 saturated heterocycles. The van der Waals surface area contributed by atoms with Gasteiger partial charge in [0.1, 0.15) is 11.6 Å². The molecule has 2 aromatic carbocycles. The van der Waals surface area contributed by atoms with Crippen LogP contribution in [0, 0.1) is 11.6 Å². The van der Waals surface area contributed by atoms with Gasteiger partial charge in [-0.05, 0) is 48.5 Å². The van der Waals surface area contributed by atoms with E-state index >= 15 is 0 Å². The molecule has 0 heterocycles. The summed E-state index contributed by atoms with van der Waals surface area (Å²) in [4.78, 5) is 2.26. The quantitative estimate of drug-likeness (QED) is 0.782. The predicted octanol–water partition coefficient (Wildman–Crippen LogP) is 4.40. The summed E-state index contributed by atoms with van der Waals surface area (Å²) < 4.78 is 26.2. The maximum absolute atomic E-state index is 13.1. The molecule has 0 bridgehead atoms. The van der Waals surface area contributed by atoms with Gasteiger partial charge in [0.2, 0.25) is 0 Å². The lowest BCUT2D eigenvalue weighted by atomic mass is 9.97. The van der Waals surface area contributed by atoms with E-state index in [9.17, 15) is 8.78 Å². The predicted molar refractivity (Wildman–Crippen MR) is 77.6 cm³/mol. The summed E-state index contributed by atoms with van der Waals surface area (Å²) in [6.45, 7) is 5.92. The third-order valence-electron chi connectivity index (χ3n) is 3.55. The molecule has 20 heavy (non-hydrogen) atoms. The summed E-state index contributed by atoms with van der Waals surface area (Å²) in [5, 5.41) is 0. The van der Waals surface area contributed by atoms with Gasteiger partial charge in [-0.2, -0.15) is 0 Å². The Bertz CT molecular complexity index is 484. The summed E-state index contributed by atoms with van der Waals surface area (Å²) in [6, 6.07) is 13.1. The van der Waals surface area contributed by atoms with Crippen molar-refractivity contribution in [1.29, 1.82) is 0 Å². The standard InChI is InChI=1S/C17H19F2N/c1-3-20(4-2)17(13-5-9-15(18)10-6-13)14-7-11-16(19)12-8-14/h5-12,17H,3-4H2,1-2H3. The Labute approximate surface area is 118 Å². The van der Waals surface area contributed by atoms with Crippen LogP contribution in [0.15, 0.2) is 48.5 Å². The Morgan fingerprint density at radius 3 is 1.40 bits per heavy atom. The van der Waals surface area contributed by atoms with E-state index in [1.54, 1.807) is 24.3 Å². The van der Waals surface area contributed by atoms with Crippen LogP contribution in [0.3, 0.4) is 0 Å². The zero-order chi connectivity index (χ0) is 14.5. The zero-order valence-electron chi connectivity index (χ0n) is 11.8. The maximum atomic E-state index is 13.1. The number of hydrogen-bond donors (Lipinski definition) is 0. The molecule has 3 heteroatoms. The van der Waals surface area contributed by atoms with Crippen LogP contribution in [0.4, 0.5) is 8.78 Å². The van der Waals surface area contributed by atoms with Crippen molar-refractivity contribution in [2.75, 3.05) is 13.1 Å². The maximum Gasteiger partial charge on any atom is 0.123 e. The molecule has 0 aliphatic heterocycles. The van der Waals surface area contributed by atoms with Crippen molar-refractivity contribution in [3.8, 4) is 0 Å². The minimum Gasteiger partial charge on any atom is -0.293 e. The van der Waals surface area contributed by atoms with E-state index in [1.165, 1.54) is 24.3 Å². The van der Waals surface area contributed by atoms with Crippen LogP contribution in [0.5, 0.6) is 0 Å². The van der Waals surface area contributed by atoms with Crippen molar-refractivity contribution in [2.45, 2.75) is 19.9 Å². The van der Waals surface area contributed by atoms with Gasteiger partial charge < -0.3 is 0 Å². The molecule has 2 aromatic rings. The molecule has 106 valence electrons. The van der Waals surface area contributed by atoms with Crippen LogP contribution in [-0.4, -0.2) is 18.0 Å². The van der Waals surface area contributed by atoms with Gasteiger partial charge in [0.05, 0.1) is 6.04 Å². The number of hydrogen-bond acceptors (Lipinski definition) is 1. The minimum atomic E-state index is -0.244. The summed E-state index contributed by atoms with van der Waals surface area (Å²) >= 11 is 0. The van der Waals surface area contributed by atoms with Crippen molar-refractivity contribution in [3.05, 3.63) is 71.3 Å². The Balaban J connectivity index is 2.43. The van der Waals surface area contributed by atoms with Crippen molar-refractivity contribution >= 4 is 0 Å². The number of halogens is 2. The molecule has 0 radical (unpaired) electrons. The van der Waals surface area contributed by atoms with Gasteiger partial charge in [-0.1, -0.05) is 38.1 Å². The molecule has 0 aromatic heterocycles. The highest BCUT2D eigenvalue weighted by molar-refractivity contribution is 5.32. The van der Waals surface area contributed by atoms with Crippen LogP contribution in [0.2, 0.25) is 0 Å². The molecule has 0 N–H and O–H groups in total. The summed E-state index contributed by atoms with van der Waals surface area (Å²) in [6.07, 6.45) is 0. The van der Waals surface area contributed by atoms with E-state index in [0.29, 0.717) is 0 Å². The molecule has 1 nitrogen and oxygen atoms in total. The van der Waals surface area contributed by atoms with E-state index in [0.717, 1.165) is 24.2 Å². The Morgan fingerprint density at radius 1 is 0.750 bits per heavy atom. The zero-order valence-corrected chi connectivity index (χ0v) is 11.8. The molecule has 0 atom stereocenters.